The third-order valence-electron chi connectivity index (χ3n) is 4.97. The zero-order valence-electron chi connectivity index (χ0n) is 17.7. The van der Waals surface area contributed by atoms with E-state index in [1.54, 1.807) is 24.3 Å². The van der Waals surface area contributed by atoms with Gasteiger partial charge in [-0.05, 0) is 68.0 Å². The van der Waals surface area contributed by atoms with Crippen molar-refractivity contribution < 1.29 is 17.9 Å². The Labute approximate surface area is 181 Å². The minimum absolute atomic E-state index is 0.0229. The first-order chi connectivity index (χ1) is 15.0. The Hall–Kier alpha value is -3.27. The van der Waals surface area contributed by atoms with Crippen LogP contribution in [0, 0.1) is 5.82 Å². The number of hydrogen-bond donors (Lipinski definition) is 0. The average molecular weight is 422 g/mol. The van der Waals surface area contributed by atoms with Gasteiger partial charge in [0.25, 0.3) is 0 Å². The first-order valence-electron chi connectivity index (χ1n) is 10.3. The van der Waals surface area contributed by atoms with Crippen LogP contribution in [0.5, 0.6) is 5.75 Å². The second-order valence-corrected chi connectivity index (χ2v) is 7.12. The van der Waals surface area contributed by atoms with Gasteiger partial charge in [-0.2, -0.15) is 0 Å². The fourth-order valence-corrected chi connectivity index (χ4v) is 3.27. The monoisotopic (exact) mass is 422 g/mol. The van der Waals surface area contributed by atoms with Crippen molar-refractivity contribution >= 4 is 22.4 Å². The summed E-state index contributed by atoms with van der Waals surface area (Å²) in [5, 5.41) is 0.929. The highest BCUT2D eigenvalue weighted by Gasteiger charge is 2.17. The molecule has 31 heavy (non-hydrogen) atoms. The van der Waals surface area contributed by atoms with E-state index in [-0.39, 0.29) is 16.5 Å². The van der Waals surface area contributed by atoms with E-state index in [0.717, 1.165) is 18.4 Å². The minimum Gasteiger partial charge on any atom is -0.490 e. The van der Waals surface area contributed by atoms with Crippen LogP contribution in [-0.4, -0.2) is 6.61 Å². The Kier molecular flexibility index (Phi) is 7.71. The van der Waals surface area contributed by atoms with Crippen molar-refractivity contribution in [3.8, 4) is 5.75 Å². The fraction of sp³-hybridized carbons (Fsp3) is 0.185. The highest BCUT2D eigenvalue weighted by atomic mass is 19.2. The normalized spacial score (nSPS) is 12.7. The lowest BCUT2D eigenvalue weighted by molar-refractivity contribution is 0.362. The second kappa shape index (κ2) is 10.7. The molecule has 0 bridgehead atoms. The van der Waals surface area contributed by atoms with Gasteiger partial charge in [0, 0.05) is 16.5 Å². The van der Waals surface area contributed by atoms with Gasteiger partial charge in [0.15, 0.2) is 11.7 Å². The number of ether oxygens (including phenoxy) is 1. The molecule has 0 saturated heterocycles. The van der Waals surface area contributed by atoms with E-state index in [9.17, 15) is 13.2 Å². The summed E-state index contributed by atoms with van der Waals surface area (Å²) < 4.78 is 50.0. The standard InChI is InChI=1S/C27H25F3O/c1-3-5-7-8-19-9-15-23-21(18-19)12-16-24(26(23)29)27(30)25(28)20-10-13-22(14-11-20)31-17-6-4-2/h3-6,9-16,18H,7-8,17H2,1-2H3/b5-3+,6-4?,27-25?. The molecule has 0 spiro atoms. The van der Waals surface area contributed by atoms with E-state index in [1.807, 2.05) is 44.2 Å². The van der Waals surface area contributed by atoms with Gasteiger partial charge in [-0.3, -0.25) is 0 Å². The van der Waals surface area contributed by atoms with Crippen LogP contribution in [0.2, 0.25) is 0 Å². The number of fused-ring (bicyclic) bond motifs is 1. The smallest absolute Gasteiger partial charge is 0.169 e. The zero-order chi connectivity index (χ0) is 22.2. The van der Waals surface area contributed by atoms with Crippen LogP contribution in [0.15, 0.2) is 78.9 Å². The van der Waals surface area contributed by atoms with Crippen molar-refractivity contribution in [1.29, 1.82) is 0 Å². The second-order valence-electron chi connectivity index (χ2n) is 7.12. The highest BCUT2D eigenvalue weighted by molar-refractivity contribution is 5.91. The first kappa shape index (κ1) is 22.4. The van der Waals surface area contributed by atoms with E-state index in [1.165, 1.54) is 18.2 Å². The Morgan fingerprint density at radius 1 is 0.871 bits per heavy atom. The molecule has 0 aliphatic heterocycles. The van der Waals surface area contributed by atoms with Gasteiger partial charge >= 0.3 is 0 Å². The van der Waals surface area contributed by atoms with Gasteiger partial charge in [-0.25, -0.2) is 13.2 Å². The summed E-state index contributed by atoms with van der Waals surface area (Å²) in [7, 11) is 0. The van der Waals surface area contributed by atoms with Crippen molar-refractivity contribution in [2.75, 3.05) is 6.61 Å². The highest BCUT2D eigenvalue weighted by Crippen LogP contribution is 2.34. The molecule has 3 aromatic rings. The van der Waals surface area contributed by atoms with Gasteiger partial charge in [0.05, 0.1) is 0 Å². The largest absolute Gasteiger partial charge is 0.490 e. The van der Waals surface area contributed by atoms with Crippen molar-refractivity contribution in [2.24, 2.45) is 0 Å². The summed E-state index contributed by atoms with van der Waals surface area (Å²) in [5.41, 5.74) is 0.700. The predicted molar refractivity (Wildman–Crippen MR) is 123 cm³/mol. The summed E-state index contributed by atoms with van der Waals surface area (Å²) in [5.74, 6) is -2.56. The number of aryl methyl sites for hydroxylation is 1. The van der Waals surface area contributed by atoms with Crippen LogP contribution in [-0.2, 0) is 6.42 Å². The van der Waals surface area contributed by atoms with Gasteiger partial charge in [-0.1, -0.05) is 48.6 Å². The van der Waals surface area contributed by atoms with Crippen LogP contribution in [0.4, 0.5) is 13.2 Å². The lowest BCUT2D eigenvalue weighted by Crippen LogP contribution is -1.94. The molecule has 0 atom stereocenters. The molecule has 0 saturated carbocycles. The van der Waals surface area contributed by atoms with Crippen LogP contribution in [0.1, 0.15) is 37.0 Å². The SMILES string of the molecule is CC=CCOc1ccc(C(F)=C(F)c2ccc3cc(CC/C=C/C)ccc3c2F)cc1. The van der Waals surface area contributed by atoms with Crippen LogP contribution >= 0.6 is 0 Å². The molecule has 3 aromatic carbocycles. The zero-order valence-corrected chi connectivity index (χ0v) is 17.7. The molecule has 3 rings (SSSR count). The van der Waals surface area contributed by atoms with Crippen LogP contribution < -0.4 is 4.74 Å². The first-order valence-corrected chi connectivity index (χ1v) is 10.3. The van der Waals surface area contributed by atoms with Crippen LogP contribution in [0.25, 0.3) is 22.4 Å². The lowest BCUT2D eigenvalue weighted by atomic mass is 10.00. The van der Waals surface area contributed by atoms with Gasteiger partial charge in [0.2, 0.25) is 0 Å². The molecule has 0 aliphatic rings. The maximum atomic E-state index is 15.0. The predicted octanol–water partition coefficient (Wildman–Crippen LogP) is 8.21. The molecule has 4 heteroatoms. The third-order valence-corrected chi connectivity index (χ3v) is 4.97. The van der Waals surface area contributed by atoms with E-state index >= 15 is 0 Å². The molecular weight excluding hydrogens is 397 g/mol. The fourth-order valence-electron chi connectivity index (χ4n) is 3.27. The summed E-state index contributed by atoms with van der Waals surface area (Å²) in [6.45, 7) is 4.24. The van der Waals surface area contributed by atoms with Crippen molar-refractivity contribution in [3.05, 3.63) is 101 Å². The van der Waals surface area contributed by atoms with Crippen LogP contribution in [0.3, 0.4) is 0 Å². The van der Waals surface area contributed by atoms with E-state index < -0.39 is 17.5 Å². The summed E-state index contributed by atoms with van der Waals surface area (Å²) in [6, 6.07) is 14.2. The maximum Gasteiger partial charge on any atom is 0.169 e. The topological polar surface area (TPSA) is 9.23 Å². The number of rotatable bonds is 8. The Bertz CT molecular complexity index is 1130. The molecule has 0 aliphatic carbocycles. The number of halogens is 3. The molecule has 0 fully saturated rings. The molecule has 0 heterocycles. The number of allylic oxidation sites excluding steroid dienone is 3. The molecule has 0 amide bonds. The van der Waals surface area contributed by atoms with Gasteiger partial charge < -0.3 is 4.74 Å². The summed E-state index contributed by atoms with van der Waals surface area (Å²) in [4.78, 5) is 0. The van der Waals surface area contributed by atoms with Crippen molar-refractivity contribution in [2.45, 2.75) is 26.7 Å². The van der Waals surface area contributed by atoms with Crippen molar-refractivity contribution in [3.63, 3.8) is 0 Å². The summed E-state index contributed by atoms with van der Waals surface area (Å²) in [6.07, 6.45) is 9.47. The Morgan fingerprint density at radius 2 is 1.61 bits per heavy atom. The lowest BCUT2D eigenvalue weighted by Gasteiger charge is -2.09. The number of hydrogen-bond acceptors (Lipinski definition) is 1. The number of benzene rings is 3. The molecule has 1 nitrogen and oxygen atoms in total. The molecule has 0 radical (unpaired) electrons. The van der Waals surface area contributed by atoms with Gasteiger partial charge in [0.1, 0.15) is 18.2 Å². The maximum absolute atomic E-state index is 15.0. The van der Waals surface area contributed by atoms with E-state index in [2.05, 4.69) is 6.08 Å². The molecule has 0 aromatic heterocycles. The molecule has 160 valence electrons. The molecule has 0 unspecified atom stereocenters. The summed E-state index contributed by atoms with van der Waals surface area (Å²) >= 11 is 0. The Balaban J connectivity index is 1.87. The third kappa shape index (κ3) is 5.46. The molecular formula is C27H25F3O. The van der Waals surface area contributed by atoms with Crippen molar-refractivity contribution in [1.82, 2.24) is 0 Å². The minimum atomic E-state index is -1.22. The quantitative estimate of drug-likeness (QED) is 0.262. The van der Waals surface area contributed by atoms with E-state index in [4.69, 9.17) is 4.74 Å². The Morgan fingerprint density at radius 3 is 2.32 bits per heavy atom. The molecule has 0 N–H and O–H groups in total. The average Bonchev–Trinajstić information content (AvgIpc) is 2.79. The van der Waals surface area contributed by atoms with Gasteiger partial charge in [-0.15, -0.1) is 0 Å². The van der Waals surface area contributed by atoms with E-state index in [0.29, 0.717) is 17.7 Å².